The van der Waals surface area contributed by atoms with Crippen LogP contribution in [-0.2, 0) is 4.74 Å². The Labute approximate surface area is 154 Å². The number of aromatic nitrogens is 2. The van der Waals surface area contributed by atoms with E-state index in [1.165, 1.54) is 12.4 Å². The monoisotopic (exact) mass is 367 g/mol. The van der Waals surface area contributed by atoms with E-state index in [1.54, 1.807) is 60.7 Å². The third-order valence-corrected chi connectivity index (χ3v) is 3.68. The minimum absolute atomic E-state index is 0.183. The Morgan fingerprint density at radius 3 is 2.23 bits per heavy atom. The average molecular weight is 368 g/mol. The highest BCUT2D eigenvalue weighted by atomic mass is 35.5. The molecule has 0 aliphatic rings. The van der Waals surface area contributed by atoms with Gasteiger partial charge in [0.05, 0.1) is 5.69 Å². The SMILES string of the molecule is O=C(Nc1ccc(Cl)cc1)OC(C(=O)c1ccccn1)c1ccccn1. The van der Waals surface area contributed by atoms with Crippen LogP contribution in [0.1, 0.15) is 22.3 Å². The van der Waals surface area contributed by atoms with Gasteiger partial charge in [0.1, 0.15) is 5.69 Å². The molecule has 6 nitrogen and oxygen atoms in total. The summed E-state index contributed by atoms with van der Waals surface area (Å²) in [4.78, 5) is 33.2. The lowest BCUT2D eigenvalue weighted by atomic mass is 10.1. The maximum atomic E-state index is 12.8. The van der Waals surface area contributed by atoms with E-state index in [4.69, 9.17) is 16.3 Å². The van der Waals surface area contributed by atoms with E-state index < -0.39 is 18.0 Å². The number of carbonyl (C=O) groups is 2. The highest BCUT2D eigenvalue weighted by molar-refractivity contribution is 6.30. The quantitative estimate of drug-likeness (QED) is 0.680. The molecular formula is C19H14ClN3O3. The molecule has 0 radical (unpaired) electrons. The zero-order valence-corrected chi connectivity index (χ0v) is 14.3. The highest BCUT2D eigenvalue weighted by Gasteiger charge is 2.28. The van der Waals surface area contributed by atoms with Gasteiger partial charge in [-0.2, -0.15) is 0 Å². The van der Waals surface area contributed by atoms with Crippen molar-refractivity contribution in [3.05, 3.63) is 89.5 Å². The molecule has 2 heterocycles. The molecule has 1 amide bonds. The number of rotatable bonds is 5. The smallest absolute Gasteiger partial charge is 0.412 e. The van der Waals surface area contributed by atoms with Gasteiger partial charge in [0.2, 0.25) is 11.9 Å². The number of hydrogen-bond acceptors (Lipinski definition) is 5. The maximum absolute atomic E-state index is 12.8. The molecule has 0 saturated carbocycles. The molecule has 0 saturated heterocycles. The summed E-state index contributed by atoms with van der Waals surface area (Å²) in [6.07, 6.45) is 1.02. The van der Waals surface area contributed by atoms with Crippen LogP contribution >= 0.6 is 11.6 Å². The van der Waals surface area contributed by atoms with Gasteiger partial charge in [-0.05, 0) is 48.5 Å². The van der Waals surface area contributed by atoms with Crippen molar-refractivity contribution in [3.63, 3.8) is 0 Å². The van der Waals surface area contributed by atoms with Crippen molar-refractivity contribution in [3.8, 4) is 0 Å². The van der Waals surface area contributed by atoms with E-state index in [0.29, 0.717) is 16.4 Å². The number of amides is 1. The molecule has 1 unspecified atom stereocenters. The normalized spacial score (nSPS) is 11.4. The van der Waals surface area contributed by atoms with Gasteiger partial charge >= 0.3 is 6.09 Å². The van der Waals surface area contributed by atoms with E-state index >= 15 is 0 Å². The number of benzene rings is 1. The zero-order chi connectivity index (χ0) is 18.4. The van der Waals surface area contributed by atoms with Crippen molar-refractivity contribution in [2.24, 2.45) is 0 Å². The number of ether oxygens (including phenoxy) is 1. The van der Waals surface area contributed by atoms with Gasteiger partial charge in [-0.1, -0.05) is 23.7 Å². The van der Waals surface area contributed by atoms with Crippen molar-refractivity contribution in [1.29, 1.82) is 0 Å². The van der Waals surface area contributed by atoms with Crippen LogP contribution < -0.4 is 5.32 Å². The summed E-state index contributed by atoms with van der Waals surface area (Å²) < 4.78 is 5.35. The molecule has 3 aromatic rings. The summed E-state index contributed by atoms with van der Waals surface area (Å²) >= 11 is 5.82. The first kappa shape index (κ1) is 17.6. The third-order valence-electron chi connectivity index (χ3n) is 3.43. The molecule has 7 heteroatoms. The fourth-order valence-electron chi connectivity index (χ4n) is 2.21. The van der Waals surface area contributed by atoms with Gasteiger partial charge in [-0.3, -0.25) is 20.1 Å². The number of carbonyl (C=O) groups excluding carboxylic acids is 2. The van der Waals surface area contributed by atoms with Gasteiger partial charge in [0, 0.05) is 23.1 Å². The fourth-order valence-corrected chi connectivity index (χ4v) is 2.34. The third kappa shape index (κ3) is 4.43. The summed E-state index contributed by atoms with van der Waals surface area (Å²) in [5.74, 6) is -0.462. The molecule has 0 spiro atoms. The van der Waals surface area contributed by atoms with Gasteiger partial charge in [0.15, 0.2) is 0 Å². The zero-order valence-electron chi connectivity index (χ0n) is 13.5. The second kappa shape index (κ2) is 8.22. The number of nitrogens with zero attached hydrogens (tertiary/aromatic N) is 2. The number of hydrogen-bond donors (Lipinski definition) is 1. The van der Waals surface area contributed by atoms with Crippen molar-refractivity contribution < 1.29 is 14.3 Å². The van der Waals surface area contributed by atoms with E-state index in [-0.39, 0.29) is 5.69 Å². The van der Waals surface area contributed by atoms with Crippen LogP contribution in [0.25, 0.3) is 0 Å². The maximum Gasteiger partial charge on any atom is 0.412 e. The number of anilines is 1. The second-order valence-corrected chi connectivity index (χ2v) is 5.69. The van der Waals surface area contributed by atoms with Gasteiger partial charge in [-0.25, -0.2) is 4.79 Å². The molecule has 130 valence electrons. The first-order valence-electron chi connectivity index (χ1n) is 7.73. The molecule has 0 aliphatic heterocycles. The molecular weight excluding hydrogens is 354 g/mol. The van der Waals surface area contributed by atoms with E-state index in [2.05, 4.69) is 15.3 Å². The van der Waals surface area contributed by atoms with Crippen molar-refractivity contribution in [2.75, 3.05) is 5.32 Å². The lowest BCUT2D eigenvalue weighted by molar-refractivity contribution is 0.0652. The minimum atomic E-state index is -1.21. The lowest BCUT2D eigenvalue weighted by Crippen LogP contribution is -2.24. The number of pyridine rings is 2. The predicted molar refractivity (Wildman–Crippen MR) is 97.1 cm³/mol. The Bertz CT molecular complexity index is 887. The van der Waals surface area contributed by atoms with Crippen molar-refractivity contribution in [1.82, 2.24) is 9.97 Å². The molecule has 26 heavy (non-hydrogen) atoms. The molecule has 0 aliphatic carbocycles. The van der Waals surface area contributed by atoms with Crippen molar-refractivity contribution in [2.45, 2.75) is 6.10 Å². The van der Waals surface area contributed by atoms with Crippen LogP contribution in [0, 0.1) is 0 Å². The first-order valence-corrected chi connectivity index (χ1v) is 8.10. The Kier molecular flexibility index (Phi) is 5.56. The molecule has 0 bridgehead atoms. The molecule has 3 rings (SSSR count). The van der Waals surface area contributed by atoms with Gasteiger partial charge in [0.25, 0.3) is 0 Å². The standard InChI is InChI=1S/C19H14ClN3O3/c20-13-7-9-14(10-8-13)23-19(25)26-18(16-6-2-4-12-22-16)17(24)15-5-1-3-11-21-15/h1-12,18H,(H,23,25). The van der Waals surface area contributed by atoms with Crippen molar-refractivity contribution >= 4 is 29.2 Å². The Morgan fingerprint density at radius 2 is 1.62 bits per heavy atom. The number of halogens is 1. The molecule has 1 aromatic carbocycles. The van der Waals surface area contributed by atoms with E-state index in [1.807, 2.05) is 0 Å². The minimum Gasteiger partial charge on any atom is -0.431 e. The number of Topliss-reactive ketones (excluding diaryl/α,β-unsaturated/α-hetero) is 1. The van der Waals surface area contributed by atoms with Crippen LogP contribution in [0.5, 0.6) is 0 Å². The summed E-state index contributed by atoms with van der Waals surface area (Å²) in [5.41, 5.74) is 0.987. The van der Waals surface area contributed by atoms with Crippen LogP contribution in [0.3, 0.4) is 0 Å². The number of ketones is 1. The fraction of sp³-hybridized carbons (Fsp3) is 0.0526. The van der Waals surface area contributed by atoms with Crippen LogP contribution in [0.2, 0.25) is 5.02 Å². The van der Waals surface area contributed by atoms with E-state index in [0.717, 1.165) is 0 Å². The number of nitrogens with one attached hydrogen (secondary N) is 1. The summed E-state index contributed by atoms with van der Waals surface area (Å²) in [7, 11) is 0. The Balaban J connectivity index is 1.80. The summed E-state index contributed by atoms with van der Waals surface area (Å²) in [6, 6.07) is 16.5. The summed E-state index contributed by atoms with van der Waals surface area (Å²) in [6.45, 7) is 0. The topological polar surface area (TPSA) is 81.2 Å². The molecule has 2 aromatic heterocycles. The van der Waals surface area contributed by atoms with Crippen LogP contribution in [0.4, 0.5) is 10.5 Å². The Hall–Kier alpha value is -3.25. The second-order valence-electron chi connectivity index (χ2n) is 5.25. The Morgan fingerprint density at radius 1 is 0.923 bits per heavy atom. The van der Waals surface area contributed by atoms with Crippen LogP contribution in [0.15, 0.2) is 73.1 Å². The highest BCUT2D eigenvalue weighted by Crippen LogP contribution is 2.21. The largest absolute Gasteiger partial charge is 0.431 e. The predicted octanol–water partition coefficient (Wildman–Crippen LogP) is 4.30. The van der Waals surface area contributed by atoms with Crippen LogP contribution in [-0.4, -0.2) is 21.8 Å². The van der Waals surface area contributed by atoms with Gasteiger partial charge < -0.3 is 4.74 Å². The lowest BCUT2D eigenvalue weighted by Gasteiger charge is -2.16. The molecule has 0 fully saturated rings. The van der Waals surface area contributed by atoms with E-state index in [9.17, 15) is 9.59 Å². The van der Waals surface area contributed by atoms with Gasteiger partial charge in [-0.15, -0.1) is 0 Å². The molecule has 1 atom stereocenters. The first-order chi connectivity index (χ1) is 12.6. The summed E-state index contributed by atoms with van der Waals surface area (Å²) in [5, 5.41) is 3.10. The average Bonchev–Trinajstić information content (AvgIpc) is 2.69. The molecule has 1 N–H and O–H groups in total.